The molecule has 0 aromatic heterocycles. The summed E-state index contributed by atoms with van der Waals surface area (Å²) in [6, 6.07) is 4.73. The van der Waals surface area contributed by atoms with Crippen molar-refractivity contribution in [2.75, 3.05) is 0 Å². The Morgan fingerprint density at radius 2 is 2.00 bits per heavy atom. The van der Waals surface area contributed by atoms with Crippen LogP contribution in [0.3, 0.4) is 0 Å². The molecule has 0 radical (unpaired) electrons. The van der Waals surface area contributed by atoms with Crippen LogP contribution in [0.25, 0.3) is 0 Å². The second-order valence-electron chi connectivity index (χ2n) is 6.43. The average molecular weight is 299 g/mol. The van der Waals surface area contributed by atoms with Crippen molar-refractivity contribution in [3.05, 3.63) is 34.6 Å². The Morgan fingerprint density at radius 3 is 2.50 bits per heavy atom. The first-order valence-corrected chi connectivity index (χ1v) is 7.77. The Morgan fingerprint density at radius 1 is 1.35 bits per heavy atom. The summed E-state index contributed by atoms with van der Waals surface area (Å²) < 4.78 is 14.3. The van der Waals surface area contributed by atoms with Gasteiger partial charge in [-0.05, 0) is 42.7 Å². The maximum Gasteiger partial charge on any atom is 0.129 e. The molecule has 0 saturated heterocycles. The van der Waals surface area contributed by atoms with Crippen molar-refractivity contribution in [3.8, 4) is 0 Å². The molecule has 20 heavy (non-hydrogen) atoms. The van der Waals surface area contributed by atoms with E-state index in [2.05, 4.69) is 19.3 Å². The lowest BCUT2D eigenvalue weighted by atomic mass is 9.70. The second kappa shape index (κ2) is 6.42. The molecule has 4 heteroatoms. The van der Waals surface area contributed by atoms with Gasteiger partial charge in [-0.25, -0.2) is 4.39 Å². The highest BCUT2D eigenvalue weighted by Crippen LogP contribution is 2.51. The van der Waals surface area contributed by atoms with Gasteiger partial charge in [-0.2, -0.15) is 0 Å². The zero-order valence-corrected chi connectivity index (χ0v) is 13.0. The van der Waals surface area contributed by atoms with E-state index in [0.717, 1.165) is 19.3 Å². The minimum atomic E-state index is -0.268. The first-order chi connectivity index (χ1) is 9.48. The van der Waals surface area contributed by atoms with Crippen molar-refractivity contribution >= 4 is 11.6 Å². The molecule has 2 rings (SSSR count). The van der Waals surface area contributed by atoms with E-state index in [0.29, 0.717) is 16.5 Å². The Hall–Kier alpha value is -0.640. The van der Waals surface area contributed by atoms with E-state index in [4.69, 9.17) is 17.4 Å². The van der Waals surface area contributed by atoms with Crippen LogP contribution >= 0.6 is 11.6 Å². The lowest BCUT2D eigenvalue weighted by Gasteiger charge is -2.39. The van der Waals surface area contributed by atoms with Crippen LogP contribution in [-0.2, 0) is 0 Å². The molecule has 1 aliphatic carbocycles. The molecular formula is C16H24ClFN2. The molecule has 1 atom stereocenters. The van der Waals surface area contributed by atoms with Gasteiger partial charge < -0.3 is 0 Å². The fourth-order valence-electron chi connectivity index (χ4n) is 3.83. The van der Waals surface area contributed by atoms with E-state index >= 15 is 0 Å². The molecule has 0 amide bonds. The van der Waals surface area contributed by atoms with Crippen molar-refractivity contribution < 1.29 is 4.39 Å². The van der Waals surface area contributed by atoms with Crippen molar-refractivity contribution in [1.29, 1.82) is 0 Å². The highest BCUT2D eigenvalue weighted by atomic mass is 35.5. The van der Waals surface area contributed by atoms with Crippen LogP contribution in [0.2, 0.25) is 5.02 Å². The minimum Gasteiger partial charge on any atom is -0.271 e. The van der Waals surface area contributed by atoms with E-state index in [1.807, 2.05) is 0 Å². The third-order valence-electron chi connectivity index (χ3n) is 4.47. The predicted octanol–water partition coefficient (Wildman–Crippen LogP) is 4.59. The number of hydrazine groups is 1. The molecule has 1 aliphatic rings. The van der Waals surface area contributed by atoms with Gasteiger partial charge in [0.25, 0.3) is 0 Å². The number of hydrogen-bond acceptors (Lipinski definition) is 2. The third-order valence-corrected chi connectivity index (χ3v) is 4.70. The number of rotatable bonds is 5. The summed E-state index contributed by atoms with van der Waals surface area (Å²) in [5, 5.41) is 0.423. The van der Waals surface area contributed by atoms with E-state index in [9.17, 15) is 4.39 Å². The molecular weight excluding hydrogens is 275 g/mol. The third kappa shape index (κ3) is 3.16. The van der Waals surface area contributed by atoms with Crippen LogP contribution < -0.4 is 11.3 Å². The molecule has 1 unspecified atom stereocenters. The quantitative estimate of drug-likeness (QED) is 0.616. The Bertz CT molecular complexity index is 456. The maximum absolute atomic E-state index is 14.3. The molecule has 1 aromatic rings. The fraction of sp³-hybridized carbons (Fsp3) is 0.625. The summed E-state index contributed by atoms with van der Waals surface area (Å²) in [5.41, 5.74) is 3.58. The SMILES string of the molecule is CC(C)CC1(C(NN)c2ccc(Cl)cc2F)CCCC1. The fourth-order valence-corrected chi connectivity index (χ4v) is 3.99. The summed E-state index contributed by atoms with van der Waals surface area (Å²) in [6.07, 6.45) is 5.65. The van der Waals surface area contributed by atoms with Crippen molar-refractivity contribution in [3.63, 3.8) is 0 Å². The van der Waals surface area contributed by atoms with E-state index in [-0.39, 0.29) is 17.3 Å². The van der Waals surface area contributed by atoms with Crippen molar-refractivity contribution in [2.45, 2.75) is 52.0 Å². The van der Waals surface area contributed by atoms with Gasteiger partial charge in [0, 0.05) is 10.6 Å². The predicted molar refractivity (Wildman–Crippen MR) is 81.8 cm³/mol. The maximum atomic E-state index is 14.3. The standard InChI is InChI=1S/C16H24ClFN2/c1-11(2)10-16(7-3-4-8-16)15(20-19)13-6-5-12(17)9-14(13)18/h5-6,9,11,15,20H,3-4,7-8,10,19H2,1-2H3. The number of hydrogen-bond donors (Lipinski definition) is 2. The van der Waals surface area contributed by atoms with Crippen LogP contribution in [0.4, 0.5) is 4.39 Å². The van der Waals surface area contributed by atoms with Crippen molar-refractivity contribution in [2.24, 2.45) is 17.2 Å². The Kier molecular flexibility index (Phi) is 5.05. The highest BCUT2D eigenvalue weighted by molar-refractivity contribution is 6.30. The molecule has 112 valence electrons. The molecule has 0 heterocycles. The van der Waals surface area contributed by atoms with Crippen LogP contribution in [0, 0.1) is 17.2 Å². The lowest BCUT2D eigenvalue weighted by Crippen LogP contribution is -2.41. The number of benzene rings is 1. The van der Waals surface area contributed by atoms with Gasteiger partial charge in [0.2, 0.25) is 0 Å². The monoisotopic (exact) mass is 298 g/mol. The van der Waals surface area contributed by atoms with Gasteiger partial charge in [-0.1, -0.05) is 44.4 Å². The topological polar surface area (TPSA) is 38.0 Å². The van der Waals surface area contributed by atoms with E-state index in [1.54, 1.807) is 12.1 Å². The molecule has 1 saturated carbocycles. The average Bonchev–Trinajstić information content (AvgIpc) is 2.81. The Balaban J connectivity index is 2.38. The molecule has 0 bridgehead atoms. The zero-order valence-electron chi connectivity index (χ0n) is 12.3. The zero-order chi connectivity index (χ0) is 14.8. The lowest BCUT2D eigenvalue weighted by molar-refractivity contribution is 0.153. The number of halogens is 2. The van der Waals surface area contributed by atoms with Crippen LogP contribution in [0.15, 0.2) is 18.2 Å². The number of nitrogens with one attached hydrogen (secondary N) is 1. The Labute approximate surface area is 125 Å². The summed E-state index contributed by atoms with van der Waals surface area (Å²) in [5.74, 6) is 6.10. The van der Waals surface area contributed by atoms with Crippen LogP contribution in [-0.4, -0.2) is 0 Å². The molecule has 0 spiro atoms. The normalized spacial score (nSPS) is 19.5. The molecule has 1 fully saturated rings. The van der Waals surface area contributed by atoms with E-state index < -0.39 is 0 Å². The molecule has 2 nitrogen and oxygen atoms in total. The largest absolute Gasteiger partial charge is 0.271 e. The van der Waals surface area contributed by atoms with Crippen LogP contribution in [0.1, 0.15) is 57.6 Å². The van der Waals surface area contributed by atoms with Gasteiger partial charge in [0.15, 0.2) is 0 Å². The van der Waals surface area contributed by atoms with Gasteiger partial charge in [0.05, 0.1) is 6.04 Å². The first kappa shape index (κ1) is 15.7. The van der Waals surface area contributed by atoms with E-state index in [1.165, 1.54) is 18.9 Å². The minimum absolute atomic E-state index is 0.0532. The summed E-state index contributed by atoms with van der Waals surface area (Å²) in [4.78, 5) is 0. The van der Waals surface area contributed by atoms with Crippen LogP contribution in [0.5, 0.6) is 0 Å². The summed E-state index contributed by atoms with van der Waals surface area (Å²) >= 11 is 5.85. The highest BCUT2D eigenvalue weighted by Gasteiger charge is 2.42. The second-order valence-corrected chi connectivity index (χ2v) is 6.87. The molecule has 3 N–H and O–H groups in total. The van der Waals surface area contributed by atoms with Crippen molar-refractivity contribution in [1.82, 2.24) is 5.43 Å². The van der Waals surface area contributed by atoms with Gasteiger partial charge in [-0.15, -0.1) is 0 Å². The van der Waals surface area contributed by atoms with Gasteiger partial charge in [-0.3, -0.25) is 11.3 Å². The number of nitrogens with two attached hydrogens (primary N) is 1. The van der Waals surface area contributed by atoms with Gasteiger partial charge in [0.1, 0.15) is 5.82 Å². The molecule has 1 aromatic carbocycles. The summed E-state index contributed by atoms with van der Waals surface area (Å²) in [7, 11) is 0. The first-order valence-electron chi connectivity index (χ1n) is 7.39. The summed E-state index contributed by atoms with van der Waals surface area (Å²) in [6.45, 7) is 4.43. The van der Waals surface area contributed by atoms with Gasteiger partial charge >= 0.3 is 0 Å². The smallest absolute Gasteiger partial charge is 0.129 e. The molecule has 0 aliphatic heterocycles.